The molecule has 0 aliphatic rings. The lowest BCUT2D eigenvalue weighted by Crippen LogP contribution is -2.47. The Morgan fingerprint density at radius 2 is 1.53 bits per heavy atom. The van der Waals surface area contributed by atoms with Gasteiger partial charge in [0.1, 0.15) is 18.0 Å². The van der Waals surface area contributed by atoms with E-state index in [1.54, 1.807) is 0 Å². The van der Waals surface area contributed by atoms with E-state index in [1.165, 1.54) is 0 Å². The molecular weight excluding hydrogens is 374 g/mol. The first-order valence-electron chi connectivity index (χ1n) is 11.1. The van der Waals surface area contributed by atoms with E-state index in [0.29, 0.717) is 37.9 Å². The molecule has 0 spiro atoms. The predicted octanol–water partition coefficient (Wildman–Crippen LogP) is 6.46. The number of hydrogen-bond donors (Lipinski definition) is 1. The fourth-order valence-corrected chi connectivity index (χ4v) is 3.69. The Balaban J connectivity index is 2.07. The second-order valence-corrected chi connectivity index (χ2v) is 8.79. The van der Waals surface area contributed by atoms with Crippen molar-refractivity contribution in [1.29, 1.82) is 0 Å². The number of benzene rings is 2. The number of rotatable bonds is 12. The first-order chi connectivity index (χ1) is 14.3. The van der Waals surface area contributed by atoms with Gasteiger partial charge in [-0.2, -0.15) is 0 Å². The highest BCUT2D eigenvalue weighted by molar-refractivity contribution is 5.97. The van der Waals surface area contributed by atoms with Crippen LogP contribution in [0.1, 0.15) is 59.4 Å². The van der Waals surface area contributed by atoms with E-state index in [9.17, 15) is 4.79 Å². The number of carbonyl (C=O) groups excluding carboxylic acids is 1. The molecule has 164 valence electrons. The predicted molar refractivity (Wildman–Crippen MR) is 124 cm³/mol. The van der Waals surface area contributed by atoms with Gasteiger partial charge >= 0.3 is 0 Å². The summed E-state index contributed by atoms with van der Waals surface area (Å²) in [5.74, 6) is 1.44. The Kier molecular flexibility index (Phi) is 9.38. The van der Waals surface area contributed by atoms with Crippen molar-refractivity contribution in [3.8, 4) is 5.75 Å². The molecule has 4 heteroatoms. The number of anilines is 1. The Bertz CT molecular complexity index is 744. The summed E-state index contributed by atoms with van der Waals surface area (Å²) in [6.07, 6.45) is 2.29. The third-order valence-corrected chi connectivity index (χ3v) is 4.83. The molecule has 4 nitrogen and oxygen atoms in total. The molecular formula is C26H37NO3. The Morgan fingerprint density at radius 1 is 0.933 bits per heavy atom. The number of hydrogen-bond acceptors (Lipinski definition) is 3. The summed E-state index contributed by atoms with van der Waals surface area (Å²) in [6.45, 7) is 11.7. The molecule has 0 atom stereocenters. The molecule has 0 unspecified atom stereocenters. The van der Waals surface area contributed by atoms with Crippen LogP contribution in [0.3, 0.4) is 0 Å². The highest BCUT2D eigenvalue weighted by Gasteiger charge is 2.40. The molecule has 0 radical (unpaired) electrons. The molecule has 0 bridgehead atoms. The van der Waals surface area contributed by atoms with Crippen LogP contribution >= 0.6 is 0 Å². The largest absolute Gasteiger partial charge is 0.489 e. The average molecular weight is 412 g/mol. The standard InChI is InChI=1S/C26H37NO3/c1-6-16-30-26(17-20(2)3,18-21(4)5)25(28)27-23-12-14-24(15-13-23)29-19-22-10-8-7-9-11-22/h7-15,20-21H,6,16-19H2,1-5H3,(H,27,28). The fourth-order valence-electron chi connectivity index (χ4n) is 3.69. The second kappa shape index (κ2) is 11.8. The lowest BCUT2D eigenvalue weighted by molar-refractivity contribution is -0.147. The summed E-state index contributed by atoms with van der Waals surface area (Å²) in [4.78, 5) is 13.3. The Hall–Kier alpha value is -2.33. The zero-order valence-electron chi connectivity index (χ0n) is 19.1. The zero-order chi connectivity index (χ0) is 22.0. The van der Waals surface area contributed by atoms with E-state index in [4.69, 9.17) is 9.47 Å². The van der Waals surface area contributed by atoms with Gasteiger partial charge in [-0.15, -0.1) is 0 Å². The van der Waals surface area contributed by atoms with Crippen molar-refractivity contribution in [3.05, 3.63) is 60.2 Å². The van der Waals surface area contributed by atoms with Crippen molar-refractivity contribution in [2.45, 2.75) is 66.1 Å². The van der Waals surface area contributed by atoms with Crippen LogP contribution in [0.2, 0.25) is 0 Å². The van der Waals surface area contributed by atoms with Gasteiger partial charge < -0.3 is 14.8 Å². The van der Waals surface area contributed by atoms with Crippen molar-refractivity contribution >= 4 is 11.6 Å². The highest BCUT2D eigenvalue weighted by Crippen LogP contribution is 2.31. The molecule has 2 aromatic carbocycles. The van der Waals surface area contributed by atoms with Crippen molar-refractivity contribution in [2.75, 3.05) is 11.9 Å². The maximum absolute atomic E-state index is 13.3. The summed E-state index contributed by atoms with van der Waals surface area (Å²) in [6, 6.07) is 17.6. The quantitative estimate of drug-likeness (QED) is 0.436. The highest BCUT2D eigenvalue weighted by atomic mass is 16.5. The summed E-state index contributed by atoms with van der Waals surface area (Å²) < 4.78 is 12.0. The molecule has 2 rings (SSSR count). The minimum Gasteiger partial charge on any atom is -0.489 e. The molecule has 0 heterocycles. The smallest absolute Gasteiger partial charge is 0.256 e. The van der Waals surface area contributed by atoms with Crippen molar-refractivity contribution < 1.29 is 14.3 Å². The number of carbonyl (C=O) groups is 1. The number of ether oxygens (including phenoxy) is 2. The lowest BCUT2D eigenvalue weighted by Gasteiger charge is -2.35. The van der Waals surface area contributed by atoms with Crippen LogP contribution in [0.4, 0.5) is 5.69 Å². The lowest BCUT2D eigenvalue weighted by atomic mass is 9.83. The van der Waals surface area contributed by atoms with E-state index < -0.39 is 5.60 Å². The molecule has 0 aromatic heterocycles. The monoisotopic (exact) mass is 411 g/mol. The van der Waals surface area contributed by atoms with Gasteiger partial charge in [0.15, 0.2) is 0 Å². The fraction of sp³-hybridized carbons (Fsp3) is 0.500. The van der Waals surface area contributed by atoms with Gasteiger partial charge in [-0.3, -0.25) is 4.79 Å². The molecule has 0 saturated heterocycles. The molecule has 0 aliphatic heterocycles. The SMILES string of the molecule is CCCOC(CC(C)C)(CC(C)C)C(=O)Nc1ccc(OCc2ccccc2)cc1. The third-order valence-electron chi connectivity index (χ3n) is 4.83. The summed E-state index contributed by atoms with van der Waals surface area (Å²) >= 11 is 0. The maximum atomic E-state index is 13.3. The molecule has 2 aromatic rings. The molecule has 0 saturated carbocycles. The molecule has 30 heavy (non-hydrogen) atoms. The molecule has 1 N–H and O–H groups in total. The first-order valence-corrected chi connectivity index (χ1v) is 11.1. The van der Waals surface area contributed by atoms with Crippen LogP contribution in [-0.4, -0.2) is 18.1 Å². The van der Waals surface area contributed by atoms with Crippen molar-refractivity contribution in [2.24, 2.45) is 11.8 Å². The van der Waals surface area contributed by atoms with Gasteiger partial charge in [0, 0.05) is 12.3 Å². The number of nitrogens with one attached hydrogen (secondary N) is 1. The summed E-state index contributed by atoms with van der Waals surface area (Å²) in [5.41, 5.74) is 1.07. The summed E-state index contributed by atoms with van der Waals surface area (Å²) in [5, 5.41) is 3.08. The van der Waals surface area contributed by atoms with E-state index in [1.807, 2.05) is 54.6 Å². The van der Waals surface area contributed by atoms with Crippen LogP contribution in [0.15, 0.2) is 54.6 Å². The van der Waals surface area contributed by atoms with E-state index in [-0.39, 0.29) is 5.91 Å². The maximum Gasteiger partial charge on any atom is 0.256 e. The molecule has 0 aliphatic carbocycles. The van der Waals surface area contributed by atoms with Crippen LogP contribution in [0.5, 0.6) is 5.75 Å². The molecule has 1 amide bonds. The van der Waals surface area contributed by atoms with Crippen LogP contribution in [0.25, 0.3) is 0 Å². The zero-order valence-corrected chi connectivity index (χ0v) is 19.1. The minimum absolute atomic E-state index is 0.0590. The van der Waals surface area contributed by atoms with Gasteiger partial charge in [0.25, 0.3) is 5.91 Å². The average Bonchev–Trinajstić information content (AvgIpc) is 2.71. The van der Waals surface area contributed by atoms with Gasteiger partial charge in [-0.25, -0.2) is 0 Å². The van der Waals surface area contributed by atoms with Gasteiger partial charge in [-0.1, -0.05) is 65.0 Å². The Labute approximate surface area is 182 Å². The summed E-state index contributed by atoms with van der Waals surface area (Å²) in [7, 11) is 0. The first kappa shape index (κ1) is 23.9. The van der Waals surface area contributed by atoms with Gasteiger partial charge in [-0.05, 0) is 60.9 Å². The van der Waals surface area contributed by atoms with Gasteiger partial charge in [0.05, 0.1) is 0 Å². The Morgan fingerprint density at radius 3 is 2.07 bits per heavy atom. The van der Waals surface area contributed by atoms with E-state index in [2.05, 4.69) is 39.9 Å². The normalized spacial score (nSPS) is 11.7. The van der Waals surface area contributed by atoms with Crippen molar-refractivity contribution in [1.82, 2.24) is 0 Å². The van der Waals surface area contributed by atoms with E-state index in [0.717, 1.165) is 23.4 Å². The minimum atomic E-state index is -0.805. The number of amides is 1. The van der Waals surface area contributed by atoms with Gasteiger partial charge in [0.2, 0.25) is 0 Å². The van der Waals surface area contributed by atoms with Crippen LogP contribution in [0, 0.1) is 11.8 Å². The van der Waals surface area contributed by atoms with E-state index >= 15 is 0 Å². The van der Waals surface area contributed by atoms with Crippen LogP contribution in [-0.2, 0) is 16.1 Å². The van der Waals surface area contributed by atoms with Crippen molar-refractivity contribution in [3.63, 3.8) is 0 Å². The topological polar surface area (TPSA) is 47.6 Å². The third kappa shape index (κ3) is 7.49. The molecule has 0 fully saturated rings. The second-order valence-electron chi connectivity index (χ2n) is 8.79. The van der Waals surface area contributed by atoms with Crippen LogP contribution < -0.4 is 10.1 Å².